The lowest BCUT2D eigenvalue weighted by Gasteiger charge is -2.10. The van der Waals surface area contributed by atoms with Gasteiger partial charge >= 0.3 is 0 Å². The van der Waals surface area contributed by atoms with Crippen LogP contribution in [0.1, 0.15) is 18.1 Å². The Labute approximate surface area is 124 Å². The molecule has 5 nitrogen and oxygen atoms in total. The number of nitrogens with two attached hydrogens (primary N) is 1. The number of hydrogen-bond acceptors (Lipinski definition) is 4. The molecule has 0 aliphatic heterocycles. The average Bonchev–Trinajstić information content (AvgIpc) is 2.45. The van der Waals surface area contributed by atoms with Crippen LogP contribution < -0.4 is 15.8 Å². The van der Waals surface area contributed by atoms with Gasteiger partial charge in [-0.25, -0.2) is 4.98 Å². The van der Waals surface area contributed by atoms with Crippen molar-refractivity contribution in [2.75, 3.05) is 5.32 Å². The molecule has 2 rings (SSSR count). The standard InChI is InChI=1S/C16H19N3O2/c1-10-4-5-11(2)14(8-10)21-15-7-6-13(9-18-15)19-16(20)12(3)17/h4-9,12H,17H2,1-3H3,(H,19,20). The SMILES string of the molecule is Cc1ccc(C)c(Oc2ccc(NC(=O)C(C)N)cn2)c1. The van der Waals surface area contributed by atoms with Gasteiger partial charge in [0.1, 0.15) is 5.75 Å². The van der Waals surface area contributed by atoms with Crippen LogP contribution >= 0.6 is 0 Å². The fraction of sp³-hybridized carbons (Fsp3) is 0.250. The third-order valence-corrected chi connectivity index (χ3v) is 2.98. The second-order valence-corrected chi connectivity index (χ2v) is 5.03. The Bertz CT molecular complexity index is 636. The number of benzene rings is 1. The molecule has 2 aromatic rings. The molecule has 1 unspecified atom stereocenters. The Balaban J connectivity index is 2.09. The lowest BCUT2D eigenvalue weighted by atomic mass is 10.1. The Kier molecular flexibility index (Phi) is 4.55. The summed E-state index contributed by atoms with van der Waals surface area (Å²) in [6.45, 7) is 5.61. The molecule has 1 heterocycles. The second kappa shape index (κ2) is 6.37. The van der Waals surface area contributed by atoms with E-state index in [9.17, 15) is 4.79 Å². The van der Waals surface area contributed by atoms with Crippen molar-refractivity contribution in [2.24, 2.45) is 5.73 Å². The van der Waals surface area contributed by atoms with Crippen molar-refractivity contribution in [3.05, 3.63) is 47.7 Å². The quantitative estimate of drug-likeness (QED) is 0.905. The normalized spacial score (nSPS) is 11.8. The van der Waals surface area contributed by atoms with E-state index in [0.717, 1.165) is 16.9 Å². The van der Waals surface area contributed by atoms with E-state index in [1.807, 2.05) is 32.0 Å². The molecule has 0 aliphatic carbocycles. The van der Waals surface area contributed by atoms with Gasteiger partial charge in [0, 0.05) is 6.07 Å². The predicted octanol–water partition coefficient (Wildman–Crippen LogP) is 2.78. The van der Waals surface area contributed by atoms with Crippen LogP contribution in [0.3, 0.4) is 0 Å². The van der Waals surface area contributed by atoms with E-state index in [1.54, 1.807) is 25.3 Å². The molecule has 1 amide bonds. The first-order chi connectivity index (χ1) is 9.95. The summed E-state index contributed by atoms with van der Waals surface area (Å²) in [7, 11) is 0. The first kappa shape index (κ1) is 15.0. The van der Waals surface area contributed by atoms with Crippen molar-refractivity contribution in [2.45, 2.75) is 26.8 Å². The number of pyridine rings is 1. The van der Waals surface area contributed by atoms with Crippen LogP contribution in [0.4, 0.5) is 5.69 Å². The topological polar surface area (TPSA) is 77.2 Å². The molecule has 0 spiro atoms. The number of nitrogens with one attached hydrogen (secondary N) is 1. The number of aryl methyl sites for hydroxylation is 2. The van der Waals surface area contributed by atoms with Crippen LogP contribution in [0.5, 0.6) is 11.6 Å². The number of ether oxygens (including phenoxy) is 1. The average molecular weight is 285 g/mol. The molecule has 110 valence electrons. The lowest BCUT2D eigenvalue weighted by molar-refractivity contribution is -0.117. The number of aromatic nitrogens is 1. The van der Waals surface area contributed by atoms with Crippen LogP contribution in [-0.2, 0) is 4.79 Å². The maximum Gasteiger partial charge on any atom is 0.241 e. The molecule has 0 fully saturated rings. The summed E-state index contributed by atoms with van der Waals surface area (Å²) in [5.74, 6) is 0.998. The van der Waals surface area contributed by atoms with Gasteiger partial charge in [0.15, 0.2) is 0 Å². The van der Waals surface area contributed by atoms with Gasteiger partial charge in [0.25, 0.3) is 0 Å². The summed E-state index contributed by atoms with van der Waals surface area (Å²) in [5, 5.41) is 2.67. The van der Waals surface area contributed by atoms with Crippen molar-refractivity contribution in [3.8, 4) is 11.6 Å². The van der Waals surface area contributed by atoms with Gasteiger partial charge in [-0.1, -0.05) is 12.1 Å². The fourth-order valence-electron chi connectivity index (χ4n) is 1.70. The third kappa shape index (κ3) is 4.03. The Morgan fingerprint density at radius 1 is 1.29 bits per heavy atom. The second-order valence-electron chi connectivity index (χ2n) is 5.03. The van der Waals surface area contributed by atoms with E-state index in [1.165, 1.54) is 0 Å². The van der Waals surface area contributed by atoms with Gasteiger partial charge in [-0.2, -0.15) is 0 Å². The molecule has 0 aliphatic rings. The van der Waals surface area contributed by atoms with Gasteiger partial charge in [-0.15, -0.1) is 0 Å². The van der Waals surface area contributed by atoms with E-state index in [4.69, 9.17) is 10.5 Å². The van der Waals surface area contributed by atoms with Gasteiger partial charge in [-0.05, 0) is 44.0 Å². The highest BCUT2D eigenvalue weighted by atomic mass is 16.5. The largest absolute Gasteiger partial charge is 0.439 e. The summed E-state index contributed by atoms with van der Waals surface area (Å²) in [5.41, 5.74) is 8.24. The Hall–Kier alpha value is -2.40. The summed E-state index contributed by atoms with van der Waals surface area (Å²) >= 11 is 0. The number of carbonyl (C=O) groups excluding carboxylic acids is 1. The number of amides is 1. The van der Waals surface area contributed by atoms with Gasteiger partial charge in [-0.3, -0.25) is 4.79 Å². The third-order valence-electron chi connectivity index (χ3n) is 2.98. The summed E-state index contributed by atoms with van der Waals surface area (Å²) in [4.78, 5) is 15.7. The molecular formula is C16H19N3O2. The van der Waals surface area contributed by atoms with E-state index in [2.05, 4.69) is 10.3 Å². The van der Waals surface area contributed by atoms with Crippen LogP contribution in [-0.4, -0.2) is 16.9 Å². The summed E-state index contributed by atoms with van der Waals surface area (Å²) in [6.07, 6.45) is 1.54. The van der Waals surface area contributed by atoms with Crippen LogP contribution in [0.25, 0.3) is 0 Å². The molecule has 0 bridgehead atoms. The Morgan fingerprint density at radius 3 is 2.67 bits per heavy atom. The maximum absolute atomic E-state index is 11.5. The zero-order valence-electron chi connectivity index (χ0n) is 12.4. The molecule has 1 atom stereocenters. The molecular weight excluding hydrogens is 266 g/mol. The molecule has 21 heavy (non-hydrogen) atoms. The van der Waals surface area contributed by atoms with E-state index < -0.39 is 6.04 Å². The number of rotatable bonds is 4. The zero-order chi connectivity index (χ0) is 15.4. The highest BCUT2D eigenvalue weighted by Gasteiger charge is 2.08. The molecule has 0 saturated heterocycles. The van der Waals surface area contributed by atoms with E-state index in [0.29, 0.717) is 11.6 Å². The number of hydrogen-bond donors (Lipinski definition) is 2. The molecule has 1 aromatic heterocycles. The zero-order valence-corrected chi connectivity index (χ0v) is 12.4. The van der Waals surface area contributed by atoms with Gasteiger partial charge < -0.3 is 15.8 Å². The highest BCUT2D eigenvalue weighted by Crippen LogP contribution is 2.25. The Morgan fingerprint density at radius 2 is 2.05 bits per heavy atom. The molecule has 0 saturated carbocycles. The molecule has 1 aromatic carbocycles. The summed E-state index contributed by atoms with van der Waals surface area (Å²) < 4.78 is 5.75. The van der Waals surface area contributed by atoms with Crippen LogP contribution in [0, 0.1) is 13.8 Å². The monoisotopic (exact) mass is 285 g/mol. The van der Waals surface area contributed by atoms with E-state index >= 15 is 0 Å². The van der Waals surface area contributed by atoms with Crippen molar-refractivity contribution in [3.63, 3.8) is 0 Å². The fourth-order valence-corrected chi connectivity index (χ4v) is 1.70. The smallest absolute Gasteiger partial charge is 0.241 e. The molecule has 0 radical (unpaired) electrons. The minimum atomic E-state index is -0.559. The predicted molar refractivity (Wildman–Crippen MR) is 82.5 cm³/mol. The number of nitrogens with zero attached hydrogens (tertiary/aromatic N) is 1. The minimum Gasteiger partial charge on any atom is -0.439 e. The van der Waals surface area contributed by atoms with Crippen LogP contribution in [0.2, 0.25) is 0 Å². The first-order valence-electron chi connectivity index (χ1n) is 6.73. The highest BCUT2D eigenvalue weighted by molar-refractivity contribution is 5.94. The molecule has 5 heteroatoms. The molecule has 3 N–H and O–H groups in total. The number of anilines is 1. The maximum atomic E-state index is 11.5. The van der Waals surface area contributed by atoms with E-state index in [-0.39, 0.29) is 5.91 Å². The van der Waals surface area contributed by atoms with Crippen LogP contribution in [0.15, 0.2) is 36.5 Å². The first-order valence-corrected chi connectivity index (χ1v) is 6.73. The van der Waals surface area contributed by atoms with Gasteiger partial charge in [0.05, 0.1) is 17.9 Å². The lowest BCUT2D eigenvalue weighted by Crippen LogP contribution is -2.32. The van der Waals surface area contributed by atoms with Crippen molar-refractivity contribution in [1.29, 1.82) is 0 Å². The van der Waals surface area contributed by atoms with Crippen molar-refractivity contribution < 1.29 is 9.53 Å². The number of carbonyl (C=O) groups is 1. The minimum absolute atomic E-state index is 0.250. The summed E-state index contributed by atoms with van der Waals surface area (Å²) in [6, 6.07) is 8.87. The van der Waals surface area contributed by atoms with Gasteiger partial charge in [0.2, 0.25) is 11.8 Å². The van der Waals surface area contributed by atoms with Crippen molar-refractivity contribution >= 4 is 11.6 Å². The van der Waals surface area contributed by atoms with Crippen molar-refractivity contribution in [1.82, 2.24) is 4.98 Å².